The molecular weight excluding hydrogens is 242 g/mol. The van der Waals surface area contributed by atoms with Crippen molar-refractivity contribution in [3.8, 4) is 5.75 Å². The highest BCUT2D eigenvalue weighted by molar-refractivity contribution is 5.73. The Labute approximate surface area is 114 Å². The smallest absolute Gasteiger partial charge is 0.320 e. The summed E-state index contributed by atoms with van der Waals surface area (Å²) in [4.78, 5) is 11.2. The summed E-state index contributed by atoms with van der Waals surface area (Å²) in [6.07, 6.45) is 0.836. The molecule has 0 radical (unpaired) electrons. The van der Waals surface area contributed by atoms with Gasteiger partial charge in [0.05, 0.1) is 6.61 Å². The number of ether oxygens (including phenoxy) is 1. The van der Waals surface area contributed by atoms with Gasteiger partial charge < -0.3 is 15.2 Å². The first kappa shape index (κ1) is 15.5. The van der Waals surface area contributed by atoms with Gasteiger partial charge in [0, 0.05) is 6.54 Å². The lowest BCUT2D eigenvalue weighted by molar-refractivity contribution is -0.140. The summed E-state index contributed by atoms with van der Waals surface area (Å²) in [5.74, 6) is 0.125. The van der Waals surface area contributed by atoms with E-state index in [-0.39, 0.29) is 5.92 Å². The topological polar surface area (TPSA) is 58.6 Å². The van der Waals surface area contributed by atoms with Gasteiger partial charge in [-0.3, -0.25) is 4.79 Å². The van der Waals surface area contributed by atoms with Crippen LogP contribution in [-0.4, -0.2) is 23.7 Å². The maximum absolute atomic E-state index is 11.2. The molecule has 1 aromatic rings. The molecule has 0 fully saturated rings. The molecule has 0 spiro atoms. The van der Waals surface area contributed by atoms with E-state index in [4.69, 9.17) is 4.74 Å². The average Bonchev–Trinajstić information content (AvgIpc) is 2.39. The highest BCUT2D eigenvalue weighted by atomic mass is 16.5. The molecule has 0 heterocycles. The zero-order chi connectivity index (χ0) is 14.3. The molecule has 19 heavy (non-hydrogen) atoms. The molecule has 1 aromatic carbocycles. The van der Waals surface area contributed by atoms with Crippen LogP contribution >= 0.6 is 0 Å². The minimum Gasteiger partial charge on any atom is -0.494 e. The molecule has 0 saturated carbocycles. The molecular formula is C15H23NO3. The lowest BCUT2D eigenvalue weighted by Gasteiger charge is -2.20. The van der Waals surface area contributed by atoms with E-state index in [9.17, 15) is 9.90 Å². The number of benzene rings is 1. The Morgan fingerprint density at radius 2 is 2.16 bits per heavy atom. The third kappa shape index (κ3) is 4.91. The summed E-state index contributed by atoms with van der Waals surface area (Å²) < 4.78 is 5.43. The highest BCUT2D eigenvalue weighted by Gasteiger charge is 2.22. The van der Waals surface area contributed by atoms with Crippen LogP contribution in [0.4, 0.5) is 0 Å². The summed E-state index contributed by atoms with van der Waals surface area (Å²) in [7, 11) is 0. The Morgan fingerprint density at radius 1 is 1.42 bits per heavy atom. The van der Waals surface area contributed by atoms with Crippen molar-refractivity contribution in [3.63, 3.8) is 0 Å². The van der Waals surface area contributed by atoms with Gasteiger partial charge in [0.2, 0.25) is 0 Å². The number of rotatable bonds is 8. The van der Waals surface area contributed by atoms with Crippen LogP contribution in [0.2, 0.25) is 0 Å². The Bertz CT molecular complexity index is 406. The zero-order valence-corrected chi connectivity index (χ0v) is 11.8. The van der Waals surface area contributed by atoms with Crippen molar-refractivity contribution >= 4 is 5.97 Å². The van der Waals surface area contributed by atoms with Gasteiger partial charge >= 0.3 is 5.97 Å². The Morgan fingerprint density at radius 3 is 2.74 bits per heavy atom. The third-order valence-electron chi connectivity index (χ3n) is 3.21. The normalized spacial score (nSPS) is 13.8. The Kier molecular flexibility index (Phi) is 6.36. The molecule has 4 heteroatoms. The summed E-state index contributed by atoms with van der Waals surface area (Å²) >= 11 is 0. The predicted molar refractivity (Wildman–Crippen MR) is 75.3 cm³/mol. The molecule has 0 aliphatic heterocycles. The van der Waals surface area contributed by atoms with Crippen molar-refractivity contribution < 1.29 is 14.6 Å². The number of hydrogen-bond acceptors (Lipinski definition) is 3. The van der Waals surface area contributed by atoms with Gasteiger partial charge in [-0.05, 0) is 30.5 Å². The quantitative estimate of drug-likeness (QED) is 0.758. The van der Waals surface area contributed by atoms with Crippen LogP contribution in [0, 0.1) is 5.92 Å². The van der Waals surface area contributed by atoms with Crippen molar-refractivity contribution in [2.24, 2.45) is 5.92 Å². The zero-order valence-electron chi connectivity index (χ0n) is 11.8. The molecule has 2 N–H and O–H groups in total. The fourth-order valence-electron chi connectivity index (χ4n) is 1.91. The van der Waals surface area contributed by atoms with Crippen LogP contribution in [0.5, 0.6) is 5.75 Å². The van der Waals surface area contributed by atoms with Crippen LogP contribution in [0.15, 0.2) is 24.3 Å². The van der Waals surface area contributed by atoms with Gasteiger partial charge in [0.1, 0.15) is 11.8 Å². The first-order chi connectivity index (χ1) is 9.08. The van der Waals surface area contributed by atoms with E-state index in [0.29, 0.717) is 13.2 Å². The van der Waals surface area contributed by atoms with E-state index in [1.54, 1.807) is 0 Å². The van der Waals surface area contributed by atoms with Crippen LogP contribution < -0.4 is 10.1 Å². The average molecular weight is 265 g/mol. The lowest BCUT2D eigenvalue weighted by atomic mass is 9.99. The number of aliphatic carboxylic acids is 1. The number of carboxylic acids is 1. The molecule has 2 atom stereocenters. The molecule has 0 aliphatic carbocycles. The second kappa shape index (κ2) is 7.79. The van der Waals surface area contributed by atoms with Gasteiger partial charge in [-0.25, -0.2) is 0 Å². The van der Waals surface area contributed by atoms with E-state index >= 15 is 0 Å². The summed E-state index contributed by atoms with van der Waals surface area (Å²) in [6.45, 7) is 7.04. The summed E-state index contributed by atoms with van der Waals surface area (Å²) in [5, 5.41) is 12.3. The van der Waals surface area contributed by atoms with Crippen molar-refractivity contribution in [3.05, 3.63) is 29.8 Å². The lowest BCUT2D eigenvalue weighted by Crippen LogP contribution is -2.41. The Balaban J connectivity index is 2.63. The maximum Gasteiger partial charge on any atom is 0.320 e. The van der Waals surface area contributed by atoms with Crippen LogP contribution in [0.1, 0.15) is 32.8 Å². The molecule has 1 rings (SSSR count). The largest absolute Gasteiger partial charge is 0.494 e. The van der Waals surface area contributed by atoms with E-state index in [2.05, 4.69) is 5.32 Å². The molecule has 4 nitrogen and oxygen atoms in total. The third-order valence-corrected chi connectivity index (χ3v) is 3.21. The fourth-order valence-corrected chi connectivity index (χ4v) is 1.91. The molecule has 106 valence electrons. The summed E-state index contributed by atoms with van der Waals surface area (Å²) in [5.41, 5.74) is 1.03. The van der Waals surface area contributed by atoms with Gasteiger partial charge in [-0.15, -0.1) is 0 Å². The second-order valence-corrected chi connectivity index (χ2v) is 4.66. The summed E-state index contributed by atoms with van der Waals surface area (Å²) in [6, 6.07) is 7.20. The van der Waals surface area contributed by atoms with E-state index in [1.165, 1.54) is 0 Å². The van der Waals surface area contributed by atoms with E-state index in [0.717, 1.165) is 17.7 Å². The van der Waals surface area contributed by atoms with Crippen molar-refractivity contribution in [1.29, 1.82) is 0 Å². The molecule has 0 amide bonds. The molecule has 0 aliphatic rings. The maximum atomic E-state index is 11.2. The highest BCUT2D eigenvalue weighted by Crippen LogP contribution is 2.14. The Hall–Kier alpha value is -1.55. The number of hydrogen-bond donors (Lipinski definition) is 2. The number of nitrogens with one attached hydrogen (secondary N) is 1. The van der Waals surface area contributed by atoms with Gasteiger partial charge in [0.25, 0.3) is 0 Å². The standard InChI is InChI=1S/C15H23NO3/c1-4-11(3)14(15(17)18)16-10-12-7-6-8-13(9-12)19-5-2/h6-9,11,14,16H,4-5,10H2,1-3H3,(H,17,18). The minimum absolute atomic E-state index is 0.104. The monoisotopic (exact) mass is 265 g/mol. The first-order valence-corrected chi connectivity index (χ1v) is 6.76. The van der Waals surface area contributed by atoms with Crippen molar-refractivity contribution in [2.75, 3.05) is 6.61 Å². The molecule has 0 aromatic heterocycles. The second-order valence-electron chi connectivity index (χ2n) is 4.66. The number of carbonyl (C=O) groups is 1. The fraction of sp³-hybridized carbons (Fsp3) is 0.533. The van der Waals surface area contributed by atoms with E-state index < -0.39 is 12.0 Å². The van der Waals surface area contributed by atoms with Crippen molar-refractivity contribution in [1.82, 2.24) is 5.32 Å². The van der Waals surface area contributed by atoms with Gasteiger partial charge in [-0.1, -0.05) is 32.4 Å². The minimum atomic E-state index is -0.796. The molecule has 0 saturated heterocycles. The first-order valence-electron chi connectivity index (χ1n) is 6.76. The molecule has 2 unspecified atom stereocenters. The van der Waals surface area contributed by atoms with E-state index in [1.807, 2.05) is 45.0 Å². The van der Waals surface area contributed by atoms with Crippen LogP contribution in [0.3, 0.4) is 0 Å². The van der Waals surface area contributed by atoms with Crippen LogP contribution in [-0.2, 0) is 11.3 Å². The molecule has 0 bridgehead atoms. The number of carboxylic acid groups (broad SMARTS) is 1. The van der Waals surface area contributed by atoms with Crippen molar-refractivity contribution in [2.45, 2.75) is 39.8 Å². The van der Waals surface area contributed by atoms with Gasteiger partial charge in [-0.2, -0.15) is 0 Å². The predicted octanol–water partition coefficient (Wildman–Crippen LogP) is 2.67. The van der Waals surface area contributed by atoms with Crippen LogP contribution in [0.25, 0.3) is 0 Å². The SMILES string of the molecule is CCOc1cccc(CNC(C(=O)O)C(C)CC)c1. The van der Waals surface area contributed by atoms with Gasteiger partial charge in [0.15, 0.2) is 0 Å².